The van der Waals surface area contributed by atoms with Gasteiger partial charge >= 0.3 is 5.97 Å². The fourth-order valence-electron chi connectivity index (χ4n) is 1.17. The van der Waals surface area contributed by atoms with E-state index in [0.717, 1.165) is 10.7 Å². The van der Waals surface area contributed by atoms with Gasteiger partial charge in [-0.15, -0.1) is 11.3 Å². The summed E-state index contributed by atoms with van der Waals surface area (Å²) in [4.78, 5) is 16.2. The van der Waals surface area contributed by atoms with Crippen molar-refractivity contribution in [3.8, 4) is 0 Å². The second kappa shape index (κ2) is 4.27. The summed E-state index contributed by atoms with van der Waals surface area (Å²) >= 11 is 1.55. The van der Waals surface area contributed by atoms with E-state index in [9.17, 15) is 4.79 Å². The molecule has 0 saturated heterocycles. The number of imidazole rings is 1. The van der Waals surface area contributed by atoms with Gasteiger partial charge in [-0.25, -0.2) is 9.78 Å². The monoisotopic (exact) mass is 222 g/mol. The minimum absolute atomic E-state index is 0.339. The Morgan fingerprint density at radius 3 is 3.33 bits per heavy atom. The topological polar surface area (TPSA) is 43.6 Å². The van der Waals surface area contributed by atoms with Crippen molar-refractivity contribution < 1.29 is 9.53 Å². The Balaban J connectivity index is 2.12. The van der Waals surface area contributed by atoms with Crippen LogP contribution in [-0.2, 0) is 9.53 Å². The van der Waals surface area contributed by atoms with Crippen LogP contribution >= 0.6 is 11.3 Å². The number of esters is 1. The van der Waals surface area contributed by atoms with Crippen molar-refractivity contribution in [1.82, 2.24) is 9.38 Å². The van der Waals surface area contributed by atoms with Crippen LogP contribution in [0.5, 0.6) is 0 Å². The number of carbonyl (C=O) groups excluding carboxylic acids is 1. The first kappa shape index (κ1) is 9.92. The fourth-order valence-corrected chi connectivity index (χ4v) is 1.88. The lowest BCUT2D eigenvalue weighted by molar-refractivity contribution is -0.137. The van der Waals surface area contributed by atoms with Crippen LogP contribution in [0.3, 0.4) is 0 Å². The number of nitrogens with zero attached hydrogens (tertiary/aromatic N) is 2. The largest absolute Gasteiger partial charge is 0.463 e. The van der Waals surface area contributed by atoms with E-state index in [-0.39, 0.29) is 5.97 Å². The lowest BCUT2D eigenvalue weighted by atomic mass is 10.4. The molecule has 4 nitrogen and oxygen atoms in total. The molecule has 0 radical (unpaired) electrons. The standard InChI is InChI=1S/C10H10N2O2S/c1-2-14-9(13)4-3-8-7-12-5-6-15-10(12)11-8/h3-7H,2H2,1H3/b4-3+. The van der Waals surface area contributed by atoms with Crippen molar-refractivity contribution in [2.75, 3.05) is 6.61 Å². The van der Waals surface area contributed by atoms with E-state index in [1.165, 1.54) is 6.08 Å². The van der Waals surface area contributed by atoms with Gasteiger partial charge in [-0.05, 0) is 13.0 Å². The SMILES string of the molecule is CCOC(=O)/C=C/c1cn2ccsc2n1. The third kappa shape index (κ3) is 2.24. The molecule has 0 aliphatic rings. The van der Waals surface area contributed by atoms with Gasteiger partial charge in [-0.2, -0.15) is 0 Å². The van der Waals surface area contributed by atoms with E-state index in [4.69, 9.17) is 4.74 Å². The molecular weight excluding hydrogens is 212 g/mol. The smallest absolute Gasteiger partial charge is 0.330 e. The summed E-state index contributed by atoms with van der Waals surface area (Å²) in [5.41, 5.74) is 0.759. The molecule has 0 fully saturated rings. The molecule has 0 aromatic carbocycles. The third-order valence-corrected chi connectivity index (χ3v) is 2.56. The number of rotatable bonds is 3. The Hall–Kier alpha value is -1.62. The first-order valence-electron chi connectivity index (χ1n) is 4.56. The molecule has 2 aromatic rings. The van der Waals surface area contributed by atoms with E-state index in [1.54, 1.807) is 24.3 Å². The van der Waals surface area contributed by atoms with Crippen LogP contribution in [0, 0.1) is 0 Å². The van der Waals surface area contributed by atoms with Gasteiger partial charge in [0.05, 0.1) is 12.3 Å². The third-order valence-electron chi connectivity index (χ3n) is 1.79. The number of ether oxygens (including phenoxy) is 1. The summed E-state index contributed by atoms with van der Waals surface area (Å²) in [6.07, 6.45) is 6.82. The Morgan fingerprint density at radius 1 is 1.73 bits per heavy atom. The molecule has 0 saturated carbocycles. The van der Waals surface area contributed by atoms with E-state index in [0.29, 0.717) is 6.61 Å². The molecule has 78 valence electrons. The predicted molar refractivity (Wildman–Crippen MR) is 58.7 cm³/mol. The molecule has 0 atom stereocenters. The van der Waals surface area contributed by atoms with Gasteiger partial charge < -0.3 is 4.74 Å². The molecule has 2 rings (SSSR count). The molecular formula is C10H10N2O2S. The maximum absolute atomic E-state index is 11.0. The highest BCUT2D eigenvalue weighted by Gasteiger charge is 2.00. The van der Waals surface area contributed by atoms with Crippen LogP contribution in [0.25, 0.3) is 11.0 Å². The number of hydrogen-bond acceptors (Lipinski definition) is 4. The summed E-state index contributed by atoms with van der Waals surface area (Å²) < 4.78 is 6.67. The first-order valence-corrected chi connectivity index (χ1v) is 5.44. The van der Waals surface area contributed by atoms with Crippen molar-refractivity contribution in [2.24, 2.45) is 0 Å². The highest BCUT2D eigenvalue weighted by Crippen LogP contribution is 2.12. The molecule has 0 spiro atoms. The second-order valence-corrected chi connectivity index (χ2v) is 3.72. The maximum Gasteiger partial charge on any atom is 0.330 e. The van der Waals surface area contributed by atoms with Gasteiger partial charge in [0, 0.05) is 23.8 Å². The number of aromatic nitrogens is 2. The van der Waals surface area contributed by atoms with E-state index < -0.39 is 0 Å². The van der Waals surface area contributed by atoms with Gasteiger partial charge in [0.2, 0.25) is 0 Å². The van der Waals surface area contributed by atoms with Crippen molar-refractivity contribution in [3.63, 3.8) is 0 Å². The fraction of sp³-hybridized carbons (Fsp3) is 0.200. The minimum atomic E-state index is -0.339. The van der Waals surface area contributed by atoms with Gasteiger partial charge in [0.15, 0.2) is 4.96 Å². The molecule has 0 aliphatic carbocycles. The molecule has 2 aromatic heterocycles. The highest BCUT2D eigenvalue weighted by molar-refractivity contribution is 7.15. The van der Waals surface area contributed by atoms with Crippen molar-refractivity contribution in [2.45, 2.75) is 6.92 Å². The van der Waals surface area contributed by atoms with Crippen molar-refractivity contribution in [3.05, 3.63) is 29.5 Å². The Bertz CT molecular complexity index is 470. The number of thiazole rings is 1. The zero-order chi connectivity index (χ0) is 10.7. The Kier molecular flexibility index (Phi) is 2.82. The van der Waals surface area contributed by atoms with Gasteiger partial charge in [-0.1, -0.05) is 0 Å². The molecule has 15 heavy (non-hydrogen) atoms. The lowest BCUT2D eigenvalue weighted by Gasteiger charge is -1.92. The summed E-state index contributed by atoms with van der Waals surface area (Å²) in [6, 6.07) is 0. The number of fused-ring (bicyclic) bond motifs is 1. The second-order valence-electron chi connectivity index (χ2n) is 2.84. The number of hydrogen-bond donors (Lipinski definition) is 0. The average molecular weight is 222 g/mol. The van der Waals surface area contributed by atoms with Crippen molar-refractivity contribution in [1.29, 1.82) is 0 Å². The Morgan fingerprint density at radius 2 is 2.60 bits per heavy atom. The molecule has 0 unspecified atom stereocenters. The molecule has 0 aliphatic heterocycles. The van der Waals surface area contributed by atoms with Crippen LogP contribution in [0.4, 0.5) is 0 Å². The highest BCUT2D eigenvalue weighted by atomic mass is 32.1. The summed E-state index contributed by atoms with van der Waals surface area (Å²) in [7, 11) is 0. The Labute approximate surface area is 90.8 Å². The van der Waals surface area contributed by atoms with Crippen molar-refractivity contribution >= 4 is 28.3 Å². The van der Waals surface area contributed by atoms with Crippen LogP contribution in [0.1, 0.15) is 12.6 Å². The summed E-state index contributed by atoms with van der Waals surface area (Å²) in [5.74, 6) is -0.339. The van der Waals surface area contributed by atoms with E-state index >= 15 is 0 Å². The first-order chi connectivity index (χ1) is 7.29. The normalized spacial score (nSPS) is 11.3. The van der Waals surface area contributed by atoms with Gasteiger partial charge in [0.1, 0.15) is 0 Å². The predicted octanol–water partition coefficient (Wildman–Crippen LogP) is 1.97. The number of carbonyl (C=O) groups is 1. The molecule has 0 amide bonds. The quantitative estimate of drug-likeness (QED) is 0.589. The maximum atomic E-state index is 11.0. The summed E-state index contributed by atoms with van der Waals surface area (Å²) in [6.45, 7) is 2.17. The van der Waals surface area contributed by atoms with Crippen LogP contribution < -0.4 is 0 Å². The molecule has 0 bridgehead atoms. The molecule has 0 N–H and O–H groups in total. The summed E-state index contributed by atoms with van der Waals surface area (Å²) in [5, 5.41) is 1.96. The molecule has 2 heterocycles. The minimum Gasteiger partial charge on any atom is -0.463 e. The zero-order valence-electron chi connectivity index (χ0n) is 8.21. The van der Waals surface area contributed by atoms with Crippen LogP contribution in [-0.4, -0.2) is 22.0 Å². The lowest BCUT2D eigenvalue weighted by Crippen LogP contribution is -1.98. The molecule has 5 heteroatoms. The van der Waals surface area contributed by atoms with Crippen LogP contribution in [0.15, 0.2) is 23.8 Å². The zero-order valence-corrected chi connectivity index (χ0v) is 9.03. The van der Waals surface area contributed by atoms with Gasteiger partial charge in [0.25, 0.3) is 0 Å². The van der Waals surface area contributed by atoms with E-state index in [1.807, 2.05) is 22.2 Å². The van der Waals surface area contributed by atoms with Gasteiger partial charge in [-0.3, -0.25) is 4.40 Å². The van der Waals surface area contributed by atoms with E-state index in [2.05, 4.69) is 4.98 Å². The van der Waals surface area contributed by atoms with Crippen LogP contribution in [0.2, 0.25) is 0 Å². The average Bonchev–Trinajstić information content (AvgIpc) is 2.74.